The van der Waals surface area contributed by atoms with Gasteiger partial charge < -0.3 is 9.64 Å². The molecule has 0 radical (unpaired) electrons. The molecule has 0 N–H and O–H groups in total. The summed E-state index contributed by atoms with van der Waals surface area (Å²) in [6.45, 7) is 7.56. The van der Waals surface area contributed by atoms with Crippen LogP contribution in [0.2, 0.25) is 0 Å². The van der Waals surface area contributed by atoms with Gasteiger partial charge in [-0.05, 0) is 31.9 Å². The van der Waals surface area contributed by atoms with Crippen LogP contribution in [0.15, 0.2) is 18.2 Å². The maximum Gasteiger partial charge on any atom is 0.272 e. The van der Waals surface area contributed by atoms with Gasteiger partial charge in [-0.25, -0.2) is 0 Å². The molecule has 2 aliphatic heterocycles. The van der Waals surface area contributed by atoms with E-state index in [2.05, 4.69) is 9.80 Å². The summed E-state index contributed by atoms with van der Waals surface area (Å²) in [6.07, 6.45) is 2.37. The molecule has 0 amide bonds. The third-order valence-corrected chi connectivity index (χ3v) is 4.66. The molecule has 2 fully saturated rings. The number of hydrogen-bond acceptors (Lipinski definition) is 5. The fourth-order valence-electron chi connectivity index (χ4n) is 3.47. The van der Waals surface area contributed by atoms with Crippen molar-refractivity contribution < 1.29 is 9.66 Å². The van der Waals surface area contributed by atoms with Crippen LogP contribution in [0.3, 0.4) is 0 Å². The van der Waals surface area contributed by atoms with Crippen LogP contribution >= 0.6 is 0 Å². The first-order valence-electron chi connectivity index (χ1n) is 7.97. The van der Waals surface area contributed by atoms with Gasteiger partial charge in [0.1, 0.15) is 0 Å². The van der Waals surface area contributed by atoms with Gasteiger partial charge in [-0.15, -0.1) is 0 Å². The normalized spacial score (nSPS) is 23.0. The quantitative estimate of drug-likeness (QED) is 0.630. The van der Waals surface area contributed by atoms with E-state index < -0.39 is 0 Å². The van der Waals surface area contributed by atoms with E-state index in [1.165, 1.54) is 12.8 Å². The Morgan fingerprint density at radius 3 is 2.77 bits per heavy atom. The number of hydrogen-bond donors (Lipinski definition) is 0. The maximum absolute atomic E-state index is 11.0. The van der Waals surface area contributed by atoms with E-state index in [1.807, 2.05) is 19.1 Å². The van der Waals surface area contributed by atoms with Crippen LogP contribution in [0.25, 0.3) is 0 Å². The van der Waals surface area contributed by atoms with Crippen molar-refractivity contribution in [3.05, 3.63) is 33.9 Å². The Bertz CT molecular complexity index is 543. The molecule has 2 aliphatic rings. The summed E-state index contributed by atoms with van der Waals surface area (Å²) in [5.74, 6) is 0. The lowest BCUT2D eigenvalue weighted by atomic mass is 10.1. The van der Waals surface area contributed by atoms with Crippen LogP contribution in [0.1, 0.15) is 18.4 Å². The predicted molar refractivity (Wildman–Crippen MR) is 85.5 cm³/mol. The Morgan fingerprint density at radius 2 is 2.09 bits per heavy atom. The van der Waals surface area contributed by atoms with Gasteiger partial charge >= 0.3 is 0 Å². The molecular formula is C16H23N3O3. The third kappa shape index (κ3) is 3.23. The number of aryl methyl sites for hydroxylation is 1. The van der Waals surface area contributed by atoms with Crippen molar-refractivity contribution in [3.63, 3.8) is 0 Å². The molecule has 0 aliphatic carbocycles. The van der Waals surface area contributed by atoms with Gasteiger partial charge in [0, 0.05) is 49.5 Å². The van der Waals surface area contributed by atoms with E-state index in [-0.39, 0.29) is 10.6 Å². The second-order valence-electron chi connectivity index (χ2n) is 6.13. The average molecular weight is 305 g/mol. The second kappa shape index (κ2) is 6.62. The summed E-state index contributed by atoms with van der Waals surface area (Å²) in [5, 5.41) is 11.0. The van der Waals surface area contributed by atoms with Gasteiger partial charge in [0.25, 0.3) is 5.69 Å². The summed E-state index contributed by atoms with van der Waals surface area (Å²) in [4.78, 5) is 15.5. The first-order chi connectivity index (χ1) is 10.6. The SMILES string of the molecule is Cc1cc(N2CCC[C@H]2CN2CCOCC2)ccc1[N+](=O)[O-]. The van der Waals surface area contributed by atoms with Crippen molar-refractivity contribution in [3.8, 4) is 0 Å². The molecule has 1 aromatic carbocycles. The van der Waals surface area contributed by atoms with Gasteiger partial charge in [0.05, 0.1) is 18.1 Å². The Balaban J connectivity index is 1.72. The molecule has 120 valence electrons. The van der Waals surface area contributed by atoms with Crippen LogP contribution in [0.5, 0.6) is 0 Å². The number of rotatable bonds is 4. The van der Waals surface area contributed by atoms with Crippen molar-refractivity contribution in [2.24, 2.45) is 0 Å². The molecule has 2 saturated heterocycles. The molecular weight excluding hydrogens is 282 g/mol. The van der Waals surface area contributed by atoms with E-state index in [0.29, 0.717) is 6.04 Å². The van der Waals surface area contributed by atoms with Crippen LogP contribution in [-0.4, -0.2) is 55.3 Å². The molecule has 22 heavy (non-hydrogen) atoms. The highest BCUT2D eigenvalue weighted by Crippen LogP contribution is 2.30. The van der Waals surface area contributed by atoms with Gasteiger partial charge in [0.15, 0.2) is 0 Å². The predicted octanol–water partition coefficient (Wildman–Crippen LogP) is 2.20. The molecule has 6 heteroatoms. The average Bonchev–Trinajstić information content (AvgIpc) is 2.96. The molecule has 2 heterocycles. The highest BCUT2D eigenvalue weighted by Gasteiger charge is 2.28. The summed E-state index contributed by atoms with van der Waals surface area (Å²) in [5.41, 5.74) is 2.05. The molecule has 6 nitrogen and oxygen atoms in total. The monoisotopic (exact) mass is 305 g/mol. The zero-order chi connectivity index (χ0) is 15.5. The van der Waals surface area contributed by atoms with Crippen molar-refractivity contribution in [1.82, 2.24) is 4.90 Å². The molecule has 1 aromatic rings. The Labute approximate surface area is 130 Å². The van der Waals surface area contributed by atoms with Gasteiger partial charge in [-0.3, -0.25) is 15.0 Å². The molecule has 0 bridgehead atoms. The first kappa shape index (κ1) is 15.2. The summed E-state index contributed by atoms with van der Waals surface area (Å²) in [6, 6.07) is 5.98. The van der Waals surface area contributed by atoms with Crippen LogP contribution in [0, 0.1) is 17.0 Å². The van der Waals surface area contributed by atoms with Crippen molar-refractivity contribution in [2.75, 3.05) is 44.3 Å². The zero-order valence-corrected chi connectivity index (χ0v) is 13.0. The van der Waals surface area contributed by atoms with Gasteiger partial charge in [0.2, 0.25) is 0 Å². The smallest absolute Gasteiger partial charge is 0.272 e. The number of nitrogens with zero attached hydrogens (tertiary/aromatic N) is 3. The van der Waals surface area contributed by atoms with Crippen molar-refractivity contribution in [2.45, 2.75) is 25.8 Å². The Kier molecular flexibility index (Phi) is 4.59. The fourth-order valence-corrected chi connectivity index (χ4v) is 3.47. The Morgan fingerprint density at radius 1 is 1.32 bits per heavy atom. The second-order valence-corrected chi connectivity index (χ2v) is 6.13. The van der Waals surface area contributed by atoms with Crippen molar-refractivity contribution in [1.29, 1.82) is 0 Å². The van der Waals surface area contributed by atoms with Crippen LogP contribution < -0.4 is 4.90 Å². The van der Waals surface area contributed by atoms with Gasteiger partial charge in [-0.1, -0.05) is 0 Å². The van der Waals surface area contributed by atoms with Crippen LogP contribution in [-0.2, 0) is 4.74 Å². The summed E-state index contributed by atoms with van der Waals surface area (Å²) < 4.78 is 5.41. The van der Waals surface area contributed by atoms with E-state index >= 15 is 0 Å². The lowest BCUT2D eigenvalue weighted by molar-refractivity contribution is -0.385. The topological polar surface area (TPSA) is 58.8 Å². The minimum Gasteiger partial charge on any atom is -0.379 e. The third-order valence-electron chi connectivity index (χ3n) is 4.66. The standard InChI is InChI=1S/C16H23N3O3/c1-13-11-14(4-5-16(13)19(20)21)18-6-2-3-15(18)12-17-7-9-22-10-8-17/h4-5,11,15H,2-3,6-10,12H2,1H3/t15-/m0/s1. The molecule has 0 unspecified atom stereocenters. The molecule has 3 rings (SSSR count). The molecule has 0 saturated carbocycles. The highest BCUT2D eigenvalue weighted by atomic mass is 16.6. The minimum absolute atomic E-state index is 0.202. The number of ether oxygens (including phenoxy) is 1. The number of nitro benzene ring substituents is 1. The van der Waals surface area contributed by atoms with Crippen molar-refractivity contribution >= 4 is 11.4 Å². The number of benzene rings is 1. The van der Waals surface area contributed by atoms with E-state index in [1.54, 1.807) is 6.07 Å². The largest absolute Gasteiger partial charge is 0.379 e. The van der Waals surface area contributed by atoms with E-state index in [0.717, 1.165) is 50.6 Å². The summed E-state index contributed by atoms with van der Waals surface area (Å²) in [7, 11) is 0. The van der Waals surface area contributed by atoms with E-state index in [9.17, 15) is 10.1 Å². The first-order valence-corrected chi connectivity index (χ1v) is 7.97. The number of nitro groups is 1. The fraction of sp³-hybridized carbons (Fsp3) is 0.625. The minimum atomic E-state index is -0.311. The number of morpholine rings is 1. The maximum atomic E-state index is 11.0. The lowest BCUT2D eigenvalue weighted by Gasteiger charge is -2.34. The lowest BCUT2D eigenvalue weighted by Crippen LogP contribution is -2.45. The summed E-state index contributed by atoms with van der Waals surface area (Å²) >= 11 is 0. The van der Waals surface area contributed by atoms with Crippen LogP contribution in [0.4, 0.5) is 11.4 Å². The highest BCUT2D eigenvalue weighted by molar-refractivity contribution is 5.56. The van der Waals surface area contributed by atoms with Gasteiger partial charge in [-0.2, -0.15) is 0 Å². The van der Waals surface area contributed by atoms with E-state index in [4.69, 9.17) is 4.74 Å². The zero-order valence-electron chi connectivity index (χ0n) is 13.0. The Hall–Kier alpha value is -1.66. The molecule has 1 atom stereocenters. The number of anilines is 1. The molecule has 0 spiro atoms. The molecule has 0 aromatic heterocycles.